The number of carboxylic acids is 1. The topological polar surface area (TPSA) is 70.0 Å². The average Bonchev–Trinajstić information content (AvgIpc) is 2.73. The molecule has 1 aromatic rings. The molecular formula is C13H13ClN2O3. The van der Waals surface area contributed by atoms with E-state index < -0.39 is 5.97 Å². The molecule has 0 spiro atoms. The molecule has 0 aliphatic carbocycles. The van der Waals surface area contributed by atoms with Gasteiger partial charge in [0.05, 0.1) is 18.7 Å². The van der Waals surface area contributed by atoms with Gasteiger partial charge in [0.2, 0.25) is 5.91 Å². The van der Waals surface area contributed by atoms with Gasteiger partial charge in [-0.25, -0.2) is 5.01 Å². The molecule has 0 aromatic heterocycles. The van der Waals surface area contributed by atoms with Crippen LogP contribution >= 0.6 is 11.6 Å². The van der Waals surface area contributed by atoms with Gasteiger partial charge in [0.1, 0.15) is 0 Å². The molecule has 0 saturated carbocycles. The van der Waals surface area contributed by atoms with E-state index in [9.17, 15) is 9.59 Å². The van der Waals surface area contributed by atoms with Crippen LogP contribution in [0.15, 0.2) is 29.4 Å². The zero-order valence-corrected chi connectivity index (χ0v) is 11.1. The van der Waals surface area contributed by atoms with Crippen molar-refractivity contribution in [3.05, 3.63) is 34.9 Å². The number of hydrazone groups is 1. The molecule has 0 fully saturated rings. The lowest BCUT2D eigenvalue weighted by atomic mass is 9.94. The van der Waals surface area contributed by atoms with Crippen molar-refractivity contribution in [3.8, 4) is 0 Å². The molecule has 1 atom stereocenters. The SMILES string of the molecule is CC(=O)N1CC(CC(=O)O)C(c2ccc(Cl)cc2)=N1. The van der Waals surface area contributed by atoms with Crippen LogP contribution in [0.5, 0.6) is 0 Å². The summed E-state index contributed by atoms with van der Waals surface area (Å²) < 4.78 is 0. The molecule has 1 unspecified atom stereocenters. The molecule has 1 N–H and O–H groups in total. The van der Waals surface area contributed by atoms with Crippen LogP contribution in [0.1, 0.15) is 18.9 Å². The first-order valence-electron chi connectivity index (χ1n) is 5.81. The molecular weight excluding hydrogens is 268 g/mol. The maximum Gasteiger partial charge on any atom is 0.304 e. The third kappa shape index (κ3) is 3.12. The lowest BCUT2D eigenvalue weighted by Crippen LogP contribution is -2.25. The Labute approximate surface area is 115 Å². The third-order valence-corrected chi connectivity index (χ3v) is 3.18. The number of benzene rings is 1. The second kappa shape index (κ2) is 5.40. The molecule has 0 radical (unpaired) electrons. The minimum absolute atomic E-state index is 0.0504. The van der Waals surface area contributed by atoms with E-state index in [0.29, 0.717) is 17.3 Å². The highest BCUT2D eigenvalue weighted by atomic mass is 35.5. The van der Waals surface area contributed by atoms with Gasteiger partial charge in [-0.2, -0.15) is 5.10 Å². The average molecular weight is 281 g/mol. The summed E-state index contributed by atoms with van der Waals surface area (Å²) in [6.07, 6.45) is -0.0504. The van der Waals surface area contributed by atoms with E-state index in [4.69, 9.17) is 16.7 Å². The Morgan fingerprint density at radius 1 is 1.42 bits per heavy atom. The molecule has 1 amide bonds. The summed E-state index contributed by atoms with van der Waals surface area (Å²) >= 11 is 5.82. The van der Waals surface area contributed by atoms with Crippen LogP contribution in [0.3, 0.4) is 0 Å². The fourth-order valence-electron chi connectivity index (χ4n) is 2.03. The van der Waals surface area contributed by atoms with E-state index in [0.717, 1.165) is 5.56 Å². The maximum atomic E-state index is 11.4. The molecule has 6 heteroatoms. The number of amides is 1. The number of rotatable bonds is 3. The van der Waals surface area contributed by atoms with E-state index in [-0.39, 0.29) is 18.2 Å². The van der Waals surface area contributed by atoms with E-state index in [1.54, 1.807) is 24.3 Å². The number of halogens is 1. The standard InChI is InChI=1S/C13H13ClN2O3/c1-8(17)16-7-10(6-12(18)19)13(15-16)9-2-4-11(14)5-3-9/h2-5,10H,6-7H2,1H3,(H,18,19). The van der Waals surface area contributed by atoms with Crippen molar-refractivity contribution in [2.75, 3.05) is 6.54 Å². The first kappa shape index (κ1) is 13.5. The highest BCUT2D eigenvalue weighted by Crippen LogP contribution is 2.23. The fraction of sp³-hybridized carbons (Fsp3) is 0.308. The maximum absolute atomic E-state index is 11.4. The van der Waals surface area contributed by atoms with Crippen molar-refractivity contribution in [1.29, 1.82) is 0 Å². The van der Waals surface area contributed by atoms with Crippen molar-refractivity contribution < 1.29 is 14.7 Å². The molecule has 0 saturated heterocycles. The van der Waals surface area contributed by atoms with E-state index in [1.165, 1.54) is 11.9 Å². The molecule has 1 aliphatic rings. The van der Waals surface area contributed by atoms with Gasteiger partial charge in [-0.15, -0.1) is 0 Å². The van der Waals surface area contributed by atoms with Crippen LogP contribution in [0, 0.1) is 5.92 Å². The second-order valence-electron chi connectivity index (χ2n) is 4.39. The van der Waals surface area contributed by atoms with Gasteiger partial charge in [0.25, 0.3) is 0 Å². The van der Waals surface area contributed by atoms with Crippen LogP contribution in [0.2, 0.25) is 5.02 Å². The van der Waals surface area contributed by atoms with Crippen LogP contribution in [0.4, 0.5) is 0 Å². The Morgan fingerprint density at radius 2 is 2.05 bits per heavy atom. The number of carbonyl (C=O) groups is 2. The van der Waals surface area contributed by atoms with Crippen molar-refractivity contribution in [2.24, 2.45) is 11.0 Å². The number of aliphatic carboxylic acids is 1. The lowest BCUT2D eigenvalue weighted by molar-refractivity contribution is -0.138. The molecule has 100 valence electrons. The molecule has 2 rings (SSSR count). The van der Waals surface area contributed by atoms with Gasteiger partial charge < -0.3 is 5.11 Å². The first-order chi connectivity index (χ1) is 8.97. The van der Waals surface area contributed by atoms with Crippen LogP contribution in [-0.2, 0) is 9.59 Å². The Balaban J connectivity index is 2.31. The lowest BCUT2D eigenvalue weighted by Gasteiger charge is -2.11. The van der Waals surface area contributed by atoms with E-state index in [2.05, 4.69) is 5.10 Å². The predicted octanol–water partition coefficient (Wildman–Crippen LogP) is 2.00. The molecule has 1 aliphatic heterocycles. The largest absolute Gasteiger partial charge is 0.481 e. The van der Waals surface area contributed by atoms with Gasteiger partial charge >= 0.3 is 5.97 Å². The third-order valence-electron chi connectivity index (χ3n) is 2.93. The first-order valence-corrected chi connectivity index (χ1v) is 6.19. The Morgan fingerprint density at radius 3 is 2.58 bits per heavy atom. The van der Waals surface area contributed by atoms with Gasteiger partial charge in [0, 0.05) is 17.9 Å². The fourth-order valence-corrected chi connectivity index (χ4v) is 2.16. The second-order valence-corrected chi connectivity index (χ2v) is 4.82. The monoisotopic (exact) mass is 280 g/mol. The summed E-state index contributed by atoms with van der Waals surface area (Å²) in [5, 5.41) is 15.0. The molecule has 5 nitrogen and oxygen atoms in total. The number of carboxylic acid groups (broad SMARTS) is 1. The Bertz CT molecular complexity index is 539. The number of hydrogen-bond acceptors (Lipinski definition) is 3. The Kier molecular flexibility index (Phi) is 3.85. The number of carbonyl (C=O) groups excluding carboxylic acids is 1. The van der Waals surface area contributed by atoms with Gasteiger partial charge in [-0.1, -0.05) is 23.7 Å². The normalized spacial score (nSPS) is 18.3. The minimum Gasteiger partial charge on any atom is -0.481 e. The number of nitrogens with zero attached hydrogens (tertiary/aromatic N) is 2. The van der Waals surface area contributed by atoms with Gasteiger partial charge in [-0.3, -0.25) is 9.59 Å². The van der Waals surface area contributed by atoms with Crippen molar-refractivity contribution in [2.45, 2.75) is 13.3 Å². The highest BCUT2D eigenvalue weighted by molar-refractivity contribution is 6.30. The Hall–Kier alpha value is -1.88. The summed E-state index contributed by atoms with van der Waals surface area (Å²) in [4.78, 5) is 22.2. The molecule has 0 bridgehead atoms. The summed E-state index contributed by atoms with van der Waals surface area (Å²) in [6, 6.07) is 6.99. The summed E-state index contributed by atoms with van der Waals surface area (Å²) in [7, 11) is 0. The van der Waals surface area contributed by atoms with Crippen molar-refractivity contribution in [3.63, 3.8) is 0 Å². The van der Waals surface area contributed by atoms with Gasteiger partial charge in [0.15, 0.2) is 0 Å². The van der Waals surface area contributed by atoms with E-state index >= 15 is 0 Å². The summed E-state index contributed by atoms with van der Waals surface area (Å²) in [5.74, 6) is -1.39. The predicted molar refractivity (Wildman–Crippen MR) is 71.1 cm³/mol. The van der Waals surface area contributed by atoms with Gasteiger partial charge in [-0.05, 0) is 17.7 Å². The zero-order valence-electron chi connectivity index (χ0n) is 10.3. The van der Waals surface area contributed by atoms with Crippen molar-refractivity contribution in [1.82, 2.24) is 5.01 Å². The zero-order chi connectivity index (χ0) is 14.0. The smallest absolute Gasteiger partial charge is 0.304 e. The van der Waals surface area contributed by atoms with Crippen molar-refractivity contribution >= 4 is 29.2 Å². The summed E-state index contributed by atoms with van der Waals surface area (Å²) in [5.41, 5.74) is 1.41. The minimum atomic E-state index is -0.905. The molecule has 19 heavy (non-hydrogen) atoms. The number of hydrogen-bond donors (Lipinski definition) is 1. The molecule has 1 heterocycles. The van der Waals surface area contributed by atoms with Crippen LogP contribution in [0.25, 0.3) is 0 Å². The van der Waals surface area contributed by atoms with E-state index in [1.807, 2.05) is 0 Å². The van der Waals surface area contributed by atoms with Crippen LogP contribution < -0.4 is 0 Å². The summed E-state index contributed by atoms with van der Waals surface area (Å²) in [6.45, 7) is 1.71. The quantitative estimate of drug-likeness (QED) is 0.920. The molecule has 1 aromatic carbocycles. The van der Waals surface area contributed by atoms with Crippen LogP contribution in [-0.4, -0.2) is 34.2 Å². The highest BCUT2D eigenvalue weighted by Gasteiger charge is 2.31.